The Morgan fingerprint density at radius 1 is 1.11 bits per heavy atom. The van der Waals surface area contributed by atoms with Crippen molar-refractivity contribution in [3.8, 4) is 0 Å². The number of hydrogen-bond acceptors (Lipinski definition) is 3. The predicted octanol–water partition coefficient (Wildman–Crippen LogP) is 2.73. The van der Waals surface area contributed by atoms with Gasteiger partial charge in [-0.05, 0) is 45.8 Å². The molecule has 0 bridgehead atoms. The fraction of sp³-hybridized carbons (Fsp3) is 0.933. The van der Waals surface area contributed by atoms with Crippen LogP contribution in [0.4, 0.5) is 0 Å². The normalized spacial score (nSPS) is 14.6. The van der Waals surface area contributed by atoms with Crippen LogP contribution in [0.5, 0.6) is 0 Å². The molecule has 0 spiro atoms. The summed E-state index contributed by atoms with van der Waals surface area (Å²) in [5.41, 5.74) is -0.800. The first kappa shape index (κ1) is 18.4. The van der Waals surface area contributed by atoms with Crippen molar-refractivity contribution in [3.05, 3.63) is 0 Å². The van der Waals surface area contributed by atoms with Crippen LogP contribution in [0.1, 0.15) is 59.8 Å². The van der Waals surface area contributed by atoms with Gasteiger partial charge in [0.25, 0.3) is 0 Å². The van der Waals surface area contributed by atoms with Crippen molar-refractivity contribution in [2.24, 2.45) is 0 Å². The van der Waals surface area contributed by atoms with Gasteiger partial charge in [0.05, 0.1) is 0 Å². The van der Waals surface area contributed by atoms with E-state index in [0.717, 1.165) is 19.6 Å². The van der Waals surface area contributed by atoms with Gasteiger partial charge in [-0.15, -0.1) is 0 Å². The van der Waals surface area contributed by atoms with Crippen LogP contribution in [-0.4, -0.2) is 47.7 Å². The Morgan fingerprint density at radius 2 is 1.63 bits per heavy atom. The quantitative estimate of drug-likeness (QED) is 0.573. The molecule has 0 saturated heterocycles. The maximum absolute atomic E-state index is 11.4. The van der Waals surface area contributed by atoms with E-state index in [0.29, 0.717) is 13.0 Å². The van der Waals surface area contributed by atoms with Gasteiger partial charge >= 0.3 is 5.97 Å². The van der Waals surface area contributed by atoms with Crippen LogP contribution in [-0.2, 0) is 4.79 Å². The lowest BCUT2D eigenvalue weighted by molar-refractivity contribution is -0.144. The molecule has 0 aliphatic carbocycles. The van der Waals surface area contributed by atoms with Gasteiger partial charge in [-0.1, -0.05) is 33.6 Å². The molecule has 0 rings (SSSR count). The molecule has 0 aromatic rings. The van der Waals surface area contributed by atoms with Crippen LogP contribution >= 0.6 is 0 Å². The first-order valence-electron chi connectivity index (χ1n) is 7.70. The van der Waals surface area contributed by atoms with Crippen LogP contribution in [0.3, 0.4) is 0 Å². The summed E-state index contributed by atoms with van der Waals surface area (Å²) in [6.45, 7) is 11.8. The molecule has 1 atom stereocenters. The van der Waals surface area contributed by atoms with Crippen molar-refractivity contribution in [3.63, 3.8) is 0 Å². The van der Waals surface area contributed by atoms with Crippen molar-refractivity contribution in [1.29, 1.82) is 0 Å². The molecule has 0 aliphatic heterocycles. The van der Waals surface area contributed by atoms with Gasteiger partial charge < -0.3 is 15.3 Å². The maximum Gasteiger partial charge on any atom is 0.323 e. The fourth-order valence-corrected chi connectivity index (χ4v) is 2.14. The number of carboxylic acids is 1. The monoisotopic (exact) mass is 272 g/mol. The van der Waals surface area contributed by atoms with E-state index in [2.05, 4.69) is 24.1 Å². The zero-order chi connectivity index (χ0) is 14.7. The summed E-state index contributed by atoms with van der Waals surface area (Å²) >= 11 is 0. The number of rotatable bonds is 12. The molecule has 4 nitrogen and oxygen atoms in total. The van der Waals surface area contributed by atoms with E-state index in [-0.39, 0.29) is 0 Å². The van der Waals surface area contributed by atoms with E-state index in [9.17, 15) is 9.90 Å². The van der Waals surface area contributed by atoms with Crippen LogP contribution in [0.15, 0.2) is 0 Å². The van der Waals surface area contributed by atoms with Gasteiger partial charge in [0.15, 0.2) is 0 Å². The number of carboxylic acid groups (broad SMARTS) is 1. The highest BCUT2D eigenvalue weighted by Gasteiger charge is 2.31. The highest BCUT2D eigenvalue weighted by Crippen LogP contribution is 2.12. The Balaban J connectivity index is 4.35. The minimum absolute atomic E-state index is 0.656. The third-order valence-corrected chi connectivity index (χ3v) is 3.62. The second-order valence-corrected chi connectivity index (χ2v) is 5.47. The number of hydrogen-bond donors (Lipinski definition) is 2. The van der Waals surface area contributed by atoms with E-state index in [1.807, 2.05) is 6.92 Å². The molecule has 0 aliphatic rings. The predicted molar refractivity (Wildman–Crippen MR) is 80.6 cm³/mol. The topological polar surface area (TPSA) is 52.6 Å². The van der Waals surface area contributed by atoms with Crippen molar-refractivity contribution in [2.45, 2.75) is 65.3 Å². The van der Waals surface area contributed by atoms with Crippen molar-refractivity contribution >= 4 is 5.97 Å². The number of carbonyl (C=O) groups is 1. The third-order valence-electron chi connectivity index (χ3n) is 3.62. The Bertz CT molecular complexity index is 238. The molecule has 0 fully saturated rings. The number of likely N-dealkylation sites (N-methyl/N-ethyl adjacent to an activating group) is 1. The standard InChI is InChI=1S/C15H32N2O2/c1-5-8-11-17(12-9-6-2)13-10-15(4,14(18)19)16-7-3/h16H,5-13H2,1-4H3,(H,18,19). The highest BCUT2D eigenvalue weighted by atomic mass is 16.4. The van der Waals surface area contributed by atoms with Gasteiger partial charge in [0.2, 0.25) is 0 Å². The summed E-state index contributed by atoms with van der Waals surface area (Å²) in [5.74, 6) is -0.750. The summed E-state index contributed by atoms with van der Waals surface area (Å²) < 4.78 is 0. The number of unbranched alkanes of at least 4 members (excludes halogenated alkanes) is 2. The Kier molecular flexibility index (Phi) is 9.88. The lowest BCUT2D eigenvalue weighted by atomic mass is 9.97. The van der Waals surface area contributed by atoms with Crippen molar-refractivity contribution < 1.29 is 9.90 Å². The smallest absolute Gasteiger partial charge is 0.323 e. The second kappa shape index (κ2) is 10.2. The summed E-state index contributed by atoms with van der Waals surface area (Å²) in [5, 5.41) is 12.4. The molecule has 19 heavy (non-hydrogen) atoms. The summed E-state index contributed by atoms with van der Waals surface area (Å²) in [4.78, 5) is 13.8. The van der Waals surface area contributed by atoms with Crippen molar-refractivity contribution in [2.75, 3.05) is 26.2 Å². The molecule has 0 saturated carbocycles. The van der Waals surface area contributed by atoms with E-state index < -0.39 is 11.5 Å². The van der Waals surface area contributed by atoms with Gasteiger partial charge in [-0.25, -0.2) is 0 Å². The van der Waals surface area contributed by atoms with Crippen LogP contribution in [0, 0.1) is 0 Å². The molecule has 114 valence electrons. The Hall–Kier alpha value is -0.610. The van der Waals surface area contributed by atoms with Crippen molar-refractivity contribution in [1.82, 2.24) is 10.2 Å². The van der Waals surface area contributed by atoms with Crippen LogP contribution in [0.2, 0.25) is 0 Å². The van der Waals surface area contributed by atoms with E-state index in [1.165, 1.54) is 25.7 Å². The SMILES string of the molecule is CCCCN(CCCC)CCC(C)(NCC)C(=O)O. The number of nitrogens with zero attached hydrogens (tertiary/aromatic N) is 1. The van der Waals surface area contributed by atoms with Gasteiger partial charge in [-0.3, -0.25) is 4.79 Å². The number of nitrogens with one attached hydrogen (secondary N) is 1. The largest absolute Gasteiger partial charge is 0.480 e. The third kappa shape index (κ3) is 7.53. The molecular formula is C15H32N2O2. The lowest BCUT2D eigenvalue weighted by Gasteiger charge is -2.30. The molecule has 4 heteroatoms. The summed E-state index contributed by atoms with van der Waals surface area (Å²) in [7, 11) is 0. The average molecular weight is 272 g/mol. The average Bonchev–Trinajstić information content (AvgIpc) is 2.38. The Labute approximate surface area is 118 Å². The van der Waals surface area contributed by atoms with Gasteiger partial charge in [-0.2, -0.15) is 0 Å². The molecule has 0 amide bonds. The van der Waals surface area contributed by atoms with Crippen LogP contribution < -0.4 is 5.32 Å². The zero-order valence-corrected chi connectivity index (χ0v) is 13.2. The molecule has 2 N–H and O–H groups in total. The van der Waals surface area contributed by atoms with E-state index >= 15 is 0 Å². The van der Waals surface area contributed by atoms with Crippen LogP contribution in [0.25, 0.3) is 0 Å². The highest BCUT2D eigenvalue weighted by molar-refractivity contribution is 5.78. The lowest BCUT2D eigenvalue weighted by Crippen LogP contribution is -2.51. The minimum atomic E-state index is -0.800. The first-order chi connectivity index (χ1) is 9.00. The van der Waals surface area contributed by atoms with E-state index in [1.54, 1.807) is 6.92 Å². The summed E-state index contributed by atoms with van der Waals surface area (Å²) in [6.07, 6.45) is 5.41. The minimum Gasteiger partial charge on any atom is -0.480 e. The molecule has 0 radical (unpaired) electrons. The van der Waals surface area contributed by atoms with Gasteiger partial charge in [0.1, 0.15) is 5.54 Å². The fourth-order valence-electron chi connectivity index (χ4n) is 2.14. The first-order valence-corrected chi connectivity index (χ1v) is 7.70. The van der Waals surface area contributed by atoms with E-state index in [4.69, 9.17) is 0 Å². The Morgan fingerprint density at radius 3 is 2.00 bits per heavy atom. The summed E-state index contributed by atoms with van der Waals surface area (Å²) in [6, 6.07) is 0. The maximum atomic E-state index is 11.4. The molecule has 0 heterocycles. The molecular weight excluding hydrogens is 240 g/mol. The second-order valence-electron chi connectivity index (χ2n) is 5.47. The zero-order valence-electron chi connectivity index (χ0n) is 13.2. The van der Waals surface area contributed by atoms with Gasteiger partial charge in [0, 0.05) is 6.54 Å². The number of aliphatic carboxylic acids is 1. The molecule has 0 aromatic heterocycles. The molecule has 0 aromatic carbocycles. The molecule has 1 unspecified atom stereocenters.